The van der Waals surface area contributed by atoms with Crippen LogP contribution in [0.25, 0.3) is 6.08 Å². The molecule has 1 aliphatic rings. The fraction of sp³-hybridized carbons (Fsp3) is 0.286. The van der Waals surface area contributed by atoms with Gasteiger partial charge in [0.25, 0.3) is 0 Å². The van der Waals surface area contributed by atoms with E-state index in [0.717, 1.165) is 38.0 Å². The molecule has 1 fully saturated rings. The third kappa shape index (κ3) is 5.61. The maximum atomic E-state index is 12.0. The van der Waals surface area contributed by atoms with Gasteiger partial charge in [0.2, 0.25) is 0 Å². The van der Waals surface area contributed by atoms with Crippen molar-refractivity contribution in [1.82, 2.24) is 15.5 Å². The van der Waals surface area contributed by atoms with Gasteiger partial charge < -0.3 is 10.6 Å². The minimum Gasteiger partial charge on any atom is -0.335 e. The number of hydrogen-bond donors (Lipinski definition) is 2. The second-order valence-electron chi connectivity index (χ2n) is 6.51. The zero-order valence-corrected chi connectivity index (χ0v) is 15.5. The number of benzene rings is 2. The van der Waals surface area contributed by atoms with Gasteiger partial charge in [-0.3, -0.25) is 4.90 Å². The molecule has 136 valence electrons. The Hall–Kier alpha value is -2.30. The van der Waals surface area contributed by atoms with Gasteiger partial charge in [-0.25, -0.2) is 4.79 Å². The smallest absolute Gasteiger partial charge is 0.318 e. The number of likely N-dealkylation sites (tertiary alicyclic amines) is 1. The molecule has 0 bridgehead atoms. The highest BCUT2D eigenvalue weighted by atomic mass is 35.5. The molecule has 0 radical (unpaired) electrons. The number of carbonyl (C=O) groups is 1. The summed E-state index contributed by atoms with van der Waals surface area (Å²) in [6.45, 7) is 2.96. The normalized spacial score (nSPS) is 15.9. The molecule has 1 saturated heterocycles. The molecule has 2 aromatic carbocycles. The van der Waals surface area contributed by atoms with E-state index in [1.54, 1.807) is 12.3 Å². The van der Waals surface area contributed by atoms with Gasteiger partial charge in [-0.15, -0.1) is 0 Å². The van der Waals surface area contributed by atoms with E-state index in [2.05, 4.69) is 39.8 Å². The average molecular weight is 370 g/mol. The van der Waals surface area contributed by atoms with Crippen LogP contribution in [0.15, 0.2) is 60.8 Å². The van der Waals surface area contributed by atoms with Crippen LogP contribution in [0, 0.1) is 0 Å². The molecule has 3 rings (SSSR count). The van der Waals surface area contributed by atoms with E-state index in [1.165, 1.54) is 5.56 Å². The monoisotopic (exact) mass is 369 g/mol. The SMILES string of the molecule is O=C(N/C=C/c1ccccc1Cl)NC1CCN(Cc2ccccc2)CC1. The van der Waals surface area contributed by atoms with Crippen LogP contribution in [0.3, 0.4) is 0 Å². The molecule has 1 heterocycles. The number of nitrogens with zero attached hydrogens (tertiary/aromatic N) is 1. The lowest BCUT2D eigenvalue weighted by Crippen LogP contribution is -2.46. The average Bonchev–Trinajstić information content (AvgIpc) is 2.66. The van der Waals surface area contributed by atoms with Crippen molar-refractivity contribution in [3.05, 3.63) is 76.9 Å². The summed E-state index contributed by atoms with van der Waals surface area (Å²) in [5.41, 5.74) is 2.21. The van der Waals surface area contributed by atoms with Gasteiger partial charge in [0.05, 0.1) is 0 Å². The quantitative estimate of drug-likeness (QED) is 0.826. The summed E-state index contributed by atoms with van der Waals surface area (Å²) in [4.78, 5) is 14.5. The number of rotatable bonds is 5. The lowest BCUT2D eigenvalue weighted by molar-refractivity contribution is 0.187. The Morgan fingerprint density at radius 3 is 2.50 bits per heavy atom. The summed E-state index contributed by atoms with van der Waals surface area (Å²) in [5, 5.41) is 6.46. The van der Waals surface area contributed by atoms with E-state index < -0.39 is 0 Å². The Morgan fingerprint density at radius 2 is 1.77 bits per heavy atom. The standard InChI is InChI=1S/C21H24ClN3O/c22-20-9-5-4-8-18(20)10-13-23-21(26)24-19-11-14-25(15-12-19)16-17-6-2-1-3-7-17/h1-10,13,19H,11-12,14-16H2,(H2,23,24,26)/b13-10+. The minimum absolute atomic E-state index is 0.171. The van der Waals surface area contributed by atoms with Crippen LogP contribution in [0.5, 0.6) is 0 Å². The molecular formula is C21H24ClN3O. The molecule has 5 heteroatoms. The summed E-state index contributed by atoms with van der Waals surface area (Å²) in [5.74, 6) is 0. The lowest BCUT2D eigenvalue weighted by Gasteiger charge is -2.32. The molecule has 2 amide bonds. The Bertz CT molecular complexity index is 740. The lowest BCUT2D eigenvalue weighted by atomic mass is 10.0. The first-order valence-electron chi connectivity index (χ1n) is 8.95. The van der Waals surface area contributed by atoms with Gasteiger partial charge in [0.15, 0.2) is 0 Å². The highest BCUT2D eigenvalue weighted by Crippen LogP contribution is 2.16. The predicted octanol–water partition coefficient (Wildman–Crippen LogP) is 4.27. The van der Waals surface area contributed by atoms with Crippen LogP contribution in [0.2, 0.25) is 5.02 Å². The Kier molecular flexibility index (Phi) is 6.69. The van der Waals surface area contributed by atoms with Crippen molar-refractivity contribution in [3.63, 3.8) is 0 Å². The third-order valence-corrected chi connectivity index (χ3v) is 4.90. The van der Waals surface area contributed by atoms with Crippen LogP contribution in [-0.2, 0) is 6.54 Å². The Labute approximate surface area is 159 Å². The predicted molar refractivity (Wildman–Crippen MR) is 107 cm³/mol. The van der Waals surface area contributed by atoms with E-state index in [9.17, 15) is 4.79 Å². The summed E-state index contributed by atoms with van der Waals surface area (Å²) in [6, 6.07) is 18.1. The van der Waals surface area contributed by atoms with Crippen LogP contribution >= 0.6 is 11.6 Å². The zero-order chi connectivity index (χ0) is 18.2. The number of nitrogens with one attached hydrogen (secondary N) is 2. The van der Waals surface area contributed by atoms with Crippen molar-refractivity contribution in [3.8, 4) is 0 Å². The second kappa shape index (κ2) is 9.41. The van der Waals surface area contributed by atoms with Crippen molar-refractivity contribution >= 4 is 23.7 Å². The van der Waals surface area contributed by atoms with Crippen LogP contribution < -0.4 is 10.6 Å². The molecule has 0 spiro atoms. The Balaban J connectivity index is 1.39. The Morgan fingerprint density at radius 1 is 1.08 bits per heavy atom. The highest BCUT2D eigenvalue weighted by molar-refractivity contribution is 6.32. The largest absolute Gasteiger partial charge is 0.335 e. The molecule has 1 aliphatic heterocycles. The molecule has 0 unspecified atom stereocenters. The van der Waals surface area contributed by atoms with Crippen molar-refractivity contribution < 1.29 is 4.79 Å². The van der Waals surface area contributed by atoms with E-state index >= 15 is 0 Å². The number of urea groups is 1. The number of piperidine rings is 1. The van der Waals surface area contributed by atoms with Crippen LogP contribution in [0.1, 0.15) is 24.0 Å². The van der Waals surface area contributed by atoms with Gasteiger partial charge in [0.1, 0.15) is 0 Å². The molecule has 26 heavy (non-hydrogen) atoms. The molecular weight excluding hydrogens is 346 g/mol. The first-order chi connectivity index (χ1) is 12.7. The van der Waals surface area contributed by atoms with E-state index in [4.69, 9.17) is 11.6 Å². The highest BCUT2D eigenvalue weighted by Gasteiger charge is 2.20. The molecule has 2 N–H and O–H groups in total. The summed E-state index contributed by atoms with van der Waals surface area (Å²) >= 11 is 6.08. The van der Waals surface area contributed by atoms with Gasteiger partial charge >= 0.3 is 6.03 Å². The number of amides is 2. The van der Waals surface area contributed by atoms with Gasteiger partial charge in [0, 0.05) is 36.9 Å². The maximum Gasteiger partial charge on any atom is 0.318 e. The third-order valence-electron chi connectivity index (χ3n) is 4.55. The van der Waals surface area contributed by atoms with E-state index in [-0.39, 0.29) is 12.1 Å². The maximum absolute atomic E-state index is 12.0. The summed E-state index contributed by atoms with van der Waals surface area (Å²) in [6.07, 6.45) is 5.36. The molecule has 0 atom stereocenters. The number of halogens is 1. The van der Waals surface area contributed by atoms with Crippen LogP contribution in [0.4, 0.5) is 4.79 Å². The van der Waals surface area contributed by atoms with Gasteiger partial charge in [-0.05, 0) is 36.1 Å². The molecule has 0 aliphatic carbocycles. The number of carbonyl (C=O) groups excluding carboxylic acids is 1. The van der Waals surface area contributed by atoms with Crippen molar-refractivity contribution in [2.75, 3.05) is 13.1 Å². The second-order valence-corrected chi connectivity index (χ2v) is 6.92. The van der Waals surface area contributed by atoms with Crippen molar-refractivity contribution in [2.24, 2.45) is 0 Å². The van der Waals surface area contributed by atoms with Gasteiger partial charge in [-0.2, -0.15) is 0 Å². The van der Waals surface area contributed by atoms with E-state index in [0.29, 0.717) is 5.02 Å². The topological polar surface area (TPSA) is 44.4 Å². The molecule has 2 aromatic rings. The zero-order valence-electron chi connectivity index (χ0n) is 14.7. The number of hydrogen-bond acceptors (Lipinski definition) is 2. The van der Waals surface area contributed by atoms with Crippen molar-refractivity contribution in [2.45, 2.75) is 25.4 Å². The molecule has 0 saturated carbocycles. The fourth-order valence-electron chi connectivity index (χ4n) is 3.12. The van der Waals surface area contributed by atoms with Crippen molar-refractivity contribution in [1.29, 1.82) is 0 Å². The fourth-order valence-corrected chi connectivity index (χ4v) is 3.32. The van der Waals surface area contributed by atoms with Gasteiger partial charge in [-0.1, -0.05) is 60.1 Å². The van der Waals surface area contributed by atoms with Crippen LogP contribution in [-0.4, -0.2) is 30.1 Å². The summed E-state index contributed by atoms with van der Waals surface area (Å²) in [7, 11) is 0. The first kappa shape index (κ1) is 18.5. The summed E-state index contributed by atoms with van der Waals surface area (Å²) < 4.78 is 0. The first-order valence-corrected chi connectivity index (χ1v) is 9.33. The van der Waals surface area contributed by atoms with E-state index in [1.807, 2.05) is 30.3 Å². The molecule has 0 aromatic heterocycles. The molecule has 4 nitrogen and oxygen atoms in total. The minimum atomic E-state index is -0.171.